The van der Waals surface area contributed by atoms with Gasteiger partial charge in [-0.2, -0.15) is 0 Å². The fourth-order valence-corrected chi connectivity index (χ4v) is 1.62. The third kappa shape index (κ3) is 3.03. The Morgan fingerprint density at radius 1 is 1.65 bits per heavy atom. The van der Waals surface area contributed by atoms with Crippen LogP contribution in [0.2, 0.25) is 0 Å². The maximum atomic E-state index is 12.9. The van der Waals surface area contributed by atoms with Gasteiger partial charge in [0.15, 0.2) is 0 Å². The van der Waals surface area contributed by atoms with E-state index in [4.69, 9.17) is 21.4 Å². The summed E-state index contributed by atoms with van der Waals surface area (Å²) in [5.41, 5.74) is -0.412. The lowest BCUT2D eigenvalue weighted by Gasteiger charge is -2.14. The lowest BCUT2D eigenvalue weighted by atomic mass is 10.1. The molecule has 0 amide bonds. The van der Waals surface area contributed by atoms with Gasteiger partial charge in [0.2, 0.25) is 0 Å². The Bertz CT molecular complexity index is 426. The summed E-state index contributed by atoms with van der Waals surface area (Å²) in [6, 6.07) is 0. The molecule has 1 N–H and O–H groups in total. The minimum absolute atomic E-state index is 0.0384. The predicted molar refractivity (Wildman–Crippen MR) is 56.6 cm³/mol. The normalized spacial score (nSPS) is 10.6. The molecule has 0 aliphatic rings. The summed E-state index contributed by atoms with van der Waals surface area (Å²) in [5, 5.41) is 8.61. The number of hydrogen-bond donors (Lipinski definition) is 1. The first-order valence-electron chi connectivity index (χ1n) is 4.61. The Morgan fingerprint density at radius 2 is 2.29 bits per heavy atom. The van der Waals surface area contributed by atoms with Gasteiger partial charge < -0.3 is 9.84 Å². The molecule has 0 saturated carbocycles. The number of aliphatic carboxylic acids is 1. The Labute approximate surface area is 101 Å². The van der Waals surface area contributed by atoms with E-state index in [9.17, 15) is 13.6 Å². The van der Waals surface area contributed by atoms with Gasteiger partial charge in [0.1, 0.15) is 5.75 Å². The maximum absolute atomic E-state index is 12.9. The van der Waals surface area contributed by atoms with Gasteiger partial charge in [-0.15, -0.1) is 11.6 Å². The number of aromatic nitrogens is 1. The molecule has 94 valence electrons. The molecule has 0 spiro atoms. The van der Waals surface area contributed by atoms with Gasteiger partial charge in [0.25, 0.3) is 6.43 Å². The zero-order valence-electron chi connectivity index (χ0n) is 8.91. The van der Waals surface area contributed by atoms with Crippen LogP contribution < -0.4 is 4.74 Å². The highest BCUT2D eigenvalue weighted by Crippen LogP contribution is 2.34. The number of pyridine rings is 1. The second-order valence-electron chi connectivity index (χ2n) is 3.18. The van der Waals surface area contributed by atoms with E-state index in [2.05, 4.69) is 4.98 Å². The predicted octanol–water partition coefficient (Wildman–Crippen LogP) is 2.39. The van der Waals surface area contributed by atoms with E-state index in [1.165, 1.54) is 13.3 Å². The van der Waals surface area contributed by atoms with Crippen molar-refractivity contribution in [2.75, 3.05) is 7.11 Å². The van der Waals surface area contributed by atoms with Crippen molar-refractivity contribution >= 4 is 17.6 Å². The Balaban J connectivity index is 3.36. The fourth-order valence-electron chi connectivity index (χ4n) is 1.43. The van der Waals surface area contributed by atoms with E-state index >= 15 is 0 Å². The molecule has 0 aromatic carbocycles. The van der Waals surface area contributed by atoms with Crippen LogP contribution in [0.25, 0.3) is 0 Å². The molecule has 1 aromatic heterocycles. The van der Waals surface area contributed by atoms with Gasteiger partial charge in [0.05, 0.1) is 30.7 Å². The van der Waals surface area contributed by atoms with Crippen molar-refractivity contribution in [3.63, 3.8) is 0 Å². The molecule has 0 aliphatic heterocycles. The van der Waals surface area contributed by atoms with Gasteiger partial charge in [0, 0.05) is 11.8 Å². The minimum atomic E-state index is -2.87. The van der Waals surface area contributed by atoms with E-state index < -0.39 is 24.4 Å². The molecule has 7 heteroatoms. The average molecular weight is 266 g/mol. The van der Waals surface area contributed by atoms with Crippen LogP contribution in [-0.4, -0.2) is 23.2 Å². The molecule has 1 heterocycles. The van der Waals surface area contributed by atoms with Crippen LogP contribution in [0.1, 0.15) is 23.2 Å². The van der Waals surface area contributed by atoms with Crippen molar-refractivity contribution in [1.82, 2.24) is 4.98 Å². The number of carboxylic acid groups (broad SMARTS) is 1. The summed E-state index contributed by atoms with van der Waals surface area (Å²) in [5.74, 6) is -1.37. The van der Waals surface area contributed by atoms with E-state index in [1.807, 2.05) is 0 Å². The van der Waals surface area contributed by atoms with Gasteiger partial charge >= 0.3 is 5.97 Å². The molecular weight excluding hydrogens is 256 g/mol. The highest BCUT2D eigenvalue weighted by atomic mass is 35.5. The van der Waals surface area contributed by atoms with Gasteiger partial charge in [-0.25, -0.2) is 8.78 Å². The van der Waals surface area contributed by atoms with Crippen LogP contribution in [0.15, 0.2) is 6.20 Å². The molecule has 0 radical (unpaired) electrons. The summed E-state index contributed by atoms with van der Waals surface area (Å²) in [4.78, 5) is 14.2. The highest BCUT2D eigenvalue weighted by Gasteiger charge is 2.24. The second-order valence-corrected chi connectivity index (χ2v) is 3.45. The largest absolute Gasteiger partial charge is 0.496 e. The number of carbonyl (C=O) groups is 1. The Morgan fingerprint density at radius 3 is 2.71 bits per heavy atom. The molecule has 0 atom stereocenters. The van der Waals surface area contributed by atoms with E-state index in [0.29, 0.717) is 5.56 Å². The molecule has 4 nitrogen and oxygen atoms in total. The standard InChI is InChI=1S/C10H10ClF2NO3/c1-17-9-5(3-11)4-14-6(2-7(15)16)8(9)10(12)13/h4,10H,2-3H2,1H3,(H,15,16). The molecule has 1 rings (SSSR count). The van der Waals surface area contributed by atoms with Crippen molar-refractivity contribution in [3.05, 3.63) is 23.0 Å². The highest BCUT2D eigenvalue weighted by molar-refractivity contribution is 6.17. The molecule has 17 heavy (non-hydrogen) atoms. The summed E-state index contributed by atoms with van der Waals surface area (Å²) >= 11 is 5.56. The number of ether oxygens (including phenoxy) is 1. The first-order valence-corrected chi connectivity index (χ1v) is 5.15. The van der Waals surface area contributed by atoms with Gasteiger partial charge in [-0.1, -0.05) is 0 Å². The lowest BCUT2D eigenvalue weighted by Crippen LogP contribution is -2.09. The zero-order valence-corrected chi connectivity index (χ0v) is 9.67. The summed E-state index contributed by atoms with van der Waals surface area (Å²) in [7, 11) is 1.22. The first kappa shape index (κ1) is 13.6. The summed E-state index contributed by atoms with van der Waals surface area (Å²) in [6.45, 7) is 0. The van der Waals surface area contributed by atoms with Crippen LogP contribution in [-0.2, 0) is 17.1 Å². The maximum Gasteiger partial charge on any atom is 0.309 e. The number of halogens is 3. The Hall–Kier alpha value is -1.43. The lowest BCUT2D eigenvalue weighted by molar-refractivity contribution is -0.136. The second kappa shape index (κ2) is 5.77. The topological polar surface area (TPSA) is 59.4 Å². The number of carboxylic acids is 1. The molecule has 0 aliphatic carbocycles. The van der Waals surface area contributed by atoms with Crippen LogP contribution in [0.3, 0.4) is 0 Å². The molecule has 0 bridgehead atoms. The number of nitrogens with zero attached hydrogens (tertiary/aromatic N) is 1. The van der Waals surface area contributed by atoms with Crippen LogP contribution >= 0.6 is 11.6 Å². The van der Waals surface area contributed by atoms with Gasteiger partial charge in [-0.3, -0.25) is 9.78 Å². The van der Waals surface area contributed by atoms with Crippen LogP contribution in [0.4, 0.5) is 8.78 Å². The third-order valence-corrected chi connectivity index (χ3v) is 2.40. The number of hydrogen-bond acceptors (Lipinski definition) is 3. The number of alkyl halides is 3. The van der Waals surface area contributed by atoms with E-state index in [0.717, 1.165) is 0 Å². The van der Waals surface area contributed by atoms with Crippen molar-refractivity contribution in [1.29, 1.82) is 0 Å². The quantitative estimate of drug-likeness (QED) is 0.831. The summed E-state index contributed by atoms with van der Waals surface area (Å²) in [6.07, 6.45) is -2.20. The summed E-state index contributed by atoms with van der Waals surface area (Å²) < 4.78 is 30.6. The molecule has 0 fully saturated rings. The minimum Gasteiger partial charge on any atom is -0.496 e. The van der Waals surface area contributed by atoms with Crippen LogP contribution in [0.5, 0.6) is 5.75 Å². The number of methoxy groups -OCH3 is 1. The fraction of sp³-hybridized carbons (Fsp3) is 0.400. The van der Waals surface area contributed by atoms with E-state index in [-0.39, 0.29) is 17.3 Å². The van der Waals surface area contributed by atoms with E-state index in [1.54, 1.807) is 0 Å². The molecular formula is C10H10ClF2NO3. The zero-order chi connectivity index (χ0) is 13.0. The van der Waals surface area contributed by atoms with Crippen molar-refractivity contribution in [2.45, 2.75) is 18.7 Å². The Kier molecular flexibility index (Phi) is 4.62. The first-order chi connectivity index (χ1) is 8.01. The van der Waals surface area contributed by atoms with Crippen LogP contribution in [0, 0.1) is 0 Å². The smallest absolute Gasteiger partial charge is 0.309 e. The van der Waals surface area contributed by atoms with Gasteiger partial charge in [-0.05, 0) is 0 Å². The monoisotopic (exact) mass is 265 g/mol. The average Bonchev–Trinajstić information content (AvgIpc) is 2.26. The van der Waals surface area contributed by atoms with Crippen molar-refractivity contribution < 1.29 is 23.4 Å². The molecule has 0 saturated heterocycles. The SMILES string of the molecule is COc1c(CCl)cnc(CC(=O)O)c1C(F)F. The molecule has 0 unspecified atom stereocenters. The van der Waals surface area contributed by atoms with Crippen molar-refractivity contribution in [3.8, 4) is 5.75 Å². The van der Waals surface area contributed by atoms with Crippen molar-refractivity contribution in [2.24, 2.45) is 0 Å². The third-order valence-electron chi connectivity index (χ3n) is 2.11. The molecule has 1 aromatic rings. The number of rotatable bonds is 5.